The van der Waals surface area contributed by atoms with E-state index in [0.717, 1.165) is 10.6 Å². The predicted molar refractivity (Wildman–Crippen MR) is 68.8 cm³/mol. The summed E-state index contributed by atoms with van der Waals surface area (Å²) >= 11 is 7.21. The van der Waals surface area contributed by atoms with E-state index in [4.69, 9.17) is 11.6 Å². The molecule has 0 aromatic carbocycles. The molecule has 17 heavy (non-hydrogen) atoms. The fourth-order valence-electron chi connectivity index (χ4n) is 1.20. The van der Waals surface area contributed by atoms with E-state index in [2.05, 4.69) is 15.5 Å². The number of rotatable bonds is 4. The van der Waals surface area contributed by atoms with E-state index in [1.807, 2.05) is 12.1 Å². The molecular weight excluding hydrogens is 258 g/mol. The van der Waals surface area contributed by atoms with Gasteiger partial charge in [0.15, 0.2) is 0 Å². The van der Waals surface area contributed by atoms with E-state index in [1.165, 1.54) is 17.4 Å². The van der Waals surface area contributed by atoms with E-state index in [9.17, 15) is 4.79 Å². The van der Waals surface area contributed by atoms with Crippen LogP contribution < -0.4 is 5.32 Å². The summed E-state index contributed by atoms with van der Waals surface area (Å²) in [6, 6.07) is 5.48. The molecule has 0 spiro atoms. The molecule has 0 aliphatic heterocycles. The molecule has 0 radical (unpaired) electrons. The molecule has 0 fully saturated rings. The quantitative estimate of drug-likeness (QED) is 0.836. The highest BCUT2D eigenvalue weighted by Gasteiger charge is 1.98. The molecule has 2 aromatic rings. The molecule has 4 nitrogen and oxygen atoms in total. The molecule has 2 aromatic heterocycles. The lowest BCUT2D eigenvalue weighted by molar-refractivity contribution is -0.116. The summed E-state index contributed by atoms with van der Waals surface area (Å²) in [5, 5.41) is 9.29. The van der Waals surface area contributed by atoms with Crippen molar-refractivity contribution in [1.29, 1.82) is 0 Å². The molecule has 0 unspecified atom stereocenters. The molecule has 2 rings (SSSR count). The monoisotopic (exact) mass is 267 g/mol. The highest BCUT2D eigenvalue weighted by atomic mass is 35.5. The van der Waals surface area contributed by atoms with Gasteiger partial charge >= 0.3 is 0 Å². The average molecular weight is 268 g/mol. The van der Waals surface area contributed by atoms with Crippen molar-refractivity contribution in [2.45, 2.75) is 6.54 Å². The second-order valence-corrected chi connectivity index (χ2v) is 5.02. The first-order valence-corrected chi connectivity index (χ1v) is 6.13. The third kappa shape index (κ3) is 3.72. The number of nitrogens with one attached hydrogen (secondary N) is 2. The number of hydrogen-bond acceptors (Lipinski definition) is 3. The Kier molecular flexibility index (Phi) is 3.95. The van der Waals surface area contributed by atoms with Crippen molar-refractivity contribution >= 4 is 34.9 Å². The maximum atomic E-state index is 11.5. The van der Waals surface area contributed by atoms with Gasteiger partial charge in [-0.15, -0.1) is 11.3 Å². The van der Waals surface area contributed by atoms with Gasteiger partial charge in [-0.1, -0.05) is 11.6 Å². The first-order valence-electron chi connectivity index (χ1n) is 4.93. The number of aromatic nitrogens is 2. The third-order valence-electron chi connectivity index (χ3n) is 2.00. The number of nitrogens with zero attached hydrogens (tertiary/aromatic N) is 1. The molecule has 0 aliphatic carbocycles. The van der Waals surface area contributed by atoms with E-state index >= 15 is 0 Å². The van der Waals surface area contributed by atoms with Crippen LogP contribution in [0.25, 0.3) is 6.08 Å². The van der Waals surface area contributed by atoms with Gasteiger partial charge in [-0.3, -0.25) is 9.89 Å². The van der Waals surface area contributed by atoms with Crippen molar-refractivity contribution in [3.05, 3.63) is 45.4 Å². The second kappa shape index (κ2) is 5.65. The molecular formula is C11H10ClN3OS. The Morgan fingerprint density at radius 1 is 1.53 bits per heavy atom. The van der Waals surface area contributed by atoms with Crippen LogP contribution in [0, 0.1) is 0 Å². The van der Waals surface area contributed by atoms with Crippen LogP contribution in [-0.2, 0) is 11.3 Å². The summed E-state index contributed by atoms with van der Waals surface area (Å²) in [5.41, 5.74) is 0.867. The molecule has 0 saturated carbocycles. The Bertz CT molecular complexity index is 519. The Hall–Kier alpha value is -1.59. The lowest BCUT2D eigenvalue weighted by Gasteiger charge is -1.98. The zero-order valence-electron chi connectivity index (χ0n) is 8.81. The minimum absolute atomic E-state index is 0.149. The molecule has 6 heteroatoms. The van der Waals surface area contributed by atoms with E-state index in [0.29, 0.717) is 10.9 Å². The minimum atomic E-state index is -0.149. The van der Waals surface area contributed by atoms with Crippen LogP contribution in [0.4, 0.5) is 0 Å². The molecule has 2 N–H and O–H groups in total. The molecule has 0 aliphatic rings. The smallest absolute Gasteiger partial charge is 0.244 e. The molecule has 88 valence electrons. The number of H-pyrrole nitrogens is 1. The van der Waals surface area contributed by atoms with Crippen molar-refractivity contribution in [2.24, 2.45) is 0 Å². The van der Waals surface area contributed by atoms with Crippen LogP contribution in [0.5, 0.6) is 0 Å². The first kappa shape index (κ1) is 11.9. The van der Waals surface area contributed by atoms with Gasteiger partial charge in [-0.2, -0.15) is 5.10 Å². The predicted octanol–water partition coefficient (Wildman–Crippen LogP) is 2.45. The molecule has 0 bridgehead atoms. The van der Waals surface area contributed by atoms with Crippen LogP contribution in [0.2, 0.25) is 4.34 Å². The zero-order chi connectivity index (χ0) is 12.1. The number of halogens is 1. The number of carbonyl (C=O) groups is 1. The zero-order valence-corrected chi connectivity index (χ0v) is 10.4. The van der Waals surface area contributed by atoms with Gasteiger partial charge in [0.25, 0.3) is 0 Å². The van der Waals surface area contributed by atoms with Crippen molar-refractivity contribution in [2.75, 3.05) is 0 Å². The Labute approximate surface area is 107 Å². The molecule has 1 amide bonds. The SMILES string of the molecule is O=C(C=Cc1ccc(Cl)s1)NCc1ccn[nH]1. The Morgan fingerprint density at radius 3 is 3.06 bits per heavy atom. The standard InChI is InChI=1S/C11H10ClN3OS/c12-10-3-1-9(17-10)2-4-11(16)13-7-8-5-6-14-15-8/h1-6H,7H2,(H,13,16)(H,14,15). The number of carbonyl (C=O) groups excluding carboxylic acids is 1. The van der Waals surface area contributed by atoms with Crippen LogP contribution in [0.1, 0.15) is 10.6 Å². The van der Waals surface area contributed by atoms with Crippen LogP contribution in [-0.4, -0.2) is 16.1 Å². The summed E-state index contributed by atoms with van der Waals surface area (Å²) in [6.45, 7) is 0.439. The highest BCUT2D eigenvalue weighted by molar-refractivity contribution is 7.17. The van der Waals surface area contributed by atoms with Crippen LogP contribution >= 0.6 is 22.9 Å². The van der Waals surface area contributed by atoms with E-state index < -0.39 is 0 Å². The second-order valence-electron chi connectivity index (χ2n) is 3.27. The van der Waals surface area contributed by atoms with Gasteiger partial charge in [0.05, 0.1) is 16.6 Å². The van der Waals surface area contributed by atoms with Crippen LogP contribution in [0.3, 0.4) is 0 Å². The lowest BCUT2D eigenvalue weighted by Crippen LogP contribution is -2.20. The summed E-state index contributed by atoms with van der Waals surface area (Å²) < 4.78 is 0.711. The van der Waals surface area contributed by atoms with Gasteiger partial charge in [0, 0.05) is 17.2 Å². The molecule has 2 heterocycles. The molecule has 0 saturated heterocycles. The highest BCUT2D eigenvalue weighted by Crippen LogP contribution is 2.22. The third-order valence-corrected chi connectivity index (χ3v) is 3.20. The van der Waals surface area contributed by atoms with Gasteiger partial charge in [0.1, 0.15) is 0 Å². The maximum Gasteiger partial charge on any atom is 0.244 e. The fourth-order valence-corrected chi connectivity index (χ4v) is 2.16. The largest absolute Gasteiger partial charge is 0.347 e. The normalized spacial score (nSPS) is 10.9. The lowest BCUT2D eigenvalue weighted by atomic mass is 10.4. The number of thiophene rings is 1. The Balaban J connectivity index is 1.83. The van der Waals surface area contributed by atoms with Gasteiger partial charge < -0.3 is 5.32 Å². The van der Waals surface area contributed by atoms with Crippen molar-refractivity contribution in [3.8, 4) is 0 Å². The average Bonchev–Trinajstić information content (AvgIpc) is 2.95. The molecule has 0 atom stereocenters. The summed E-state index contributed by atoms with van der Waals surface area (Å²) in [5.74, 6) is -0.149. The van der Waals surface area contributed by atoms with E-state index in [1.54, 1.807) is 18.3 Å². The maximum absolute atomic E-state index is 11.5. The topological polar surface area (TPSA) is 57.8 Å². The van der Waals surface area contributed by atoms with Gasteiger partial charge in [-0.25, -0.2) is 0 Å². The Morgan fingerprint density at radius 2 is 2.41 bits per heavy atom. The minimum Gasteiger partial charge on any atom is -0.347 e. The first-order chi connectivity index (χ1) is 8.24. The number of aromatic amines is 1. The van der Waals surface area contributed by atoms with E-state index in [-0.39, 0.29) is 5.91 Å². The summed E-state index contributed by atoms with van der Waals surface area (Å²) in [4.78, 5) is 12.4. The van der Waals surface area contributed by atoms with Crippen molar-refractivity contribution < 1.29 is 4.79 Å². The number of amides is 1. The van der Waals surface area contributed by atoms with Gasteiger partial charge in [0.2, 0.25) is 5.91 Å². The van der Waals surface area contributed by atoms with Crippen molar-refractivity contribution in [1.82, 2.24) is 15.5 Å². The fraction of sp³-hybridized carbons (Fsp3) is 0.0909. The van der Waals surface area contributed by atoms with Crippen molar-refractivity contribution in [3.63, 3.8) is 0 Å². The number of hydrogen-bond donors (Lipinski definition) is 2. The van der Waals surface area contributed by atoms with Gasteiger partial charge in [-0.05, 0) is 24.3 Å². The summed E-state index contributed by atoms with van der Waals surface area (Å²) in [7, 11) is 0. The summed E-state index contributed by atoms with van der Waals surface area (Å²) in [6.07, 6.45) is 4.86. The van der Waals surface area contributed by atoms with Crippen LogP contribution in [0.15, 0.2) is 30.5 Å².